The number of rotatable bonds is 2. The first kappa shape index (κ1) is 12.5. The van der Waals surface area contributed by atoms with E-state index in [1.807, 2.05) is 6.07 Å². The fourth-order valence-corrected chi connectivity index (χ4v) is 2.33. The molecule has 1 heterocycles. The molecule has 20 heavy (non-hydrogen) atoms. The summed E-state index contributed by atoms with van der Waals surface area (Å²) in [7, 11) is 0. The molecular formula is C16H12FNO2. The Bertz CT molecular complexity index is 679. The van der Waals surface area contributed by atoms with Gasteiger partial charge in [0.15, 0.2) is 0 Å². The zero-order valence-corrected chi connectivity index (χ0v) is 10.7. The van der Waals surface area contributed by atoms with Crippen LogP contribution in [0.4, 0.5) is 4.39 Å². The van der Waals surface area contributed by atoms with Crippen LogP contribution in [-0.4, -0.2) is 16.7 Å². The quantitative estimate of drug-likeness (QED) is 0.786. The maximum atomic E-state index is 12.9. The lowest BCUT2D eigenvalue weighted by Gasteiger charge is -2.26. The maximum Gasteiger partial charge on any atom is 0.261 e. The molecule has 0 bridgehead atoms. The highest BCUT2D eigenvalue weighted by atomic mass is 19.1. The lowest BCUT2D eigenvalue weighted by molar-refractivity contribution is -0.128. The van der Waals surface area contributed by atoms with Crippen LogP contribution in [0, 0.1) is 5.82 Å². The van der Waals surface area contributed by atoms with E-state index in [-0.39, 0.29) is 30.6 Å². The summed E-state index contributed by atoms with van der Waals surface area (Å²) in [5.41, 5.74) is 2.06. The minimum Gasteiger partial charge on any atom is -0.274 e. The number of carbonyl (C=O) groups is 2. The van der Waals surface area contributed by atoms with E-state index in [9.17, 15) is 14.0 Å². The van der Waals surface area contributed by atoms with Crippen LogP contribution in [0.25, 0.3) is 0 Å². The summed E-state index contributed by atoms with van der Waals surface area (Å²) in [6.45, 7) is 0.173. The van der Waals surface area contributed by atoms with Crippen LogP contribution in [0.15, 0.2) is 48.5 Å². The van der Waals surface area contributed by atoms with Gasteiger partial charge in [0.1, 0.15) is 5.82 Å². The van der Waals surface area contributed by atoms with Crippen molar-refractivity contribution in [3.8, 4) is 0 Å². The van der Waals surface area contributed by atoms with E-state index in [2.05, 4.69) is 0 Å². The number of imide groups is 1. The molecule has 1 aliphatic heterocycles. The van der Waals surface area contributed by atoms with E-state index in [1.165, 1.54) is 17.0 Å². The Morgan fingerprint density at radius 3 is 2.45 bits per heavy atom. The van der Waals surface area contributed by atoms with Crippen LogP contribution >= 0.6 is 0 Å². The van der Waals surface area contributed by atoms with E-state index >= 15 is 0 Å². The van der Waals surface area contributed by atoms with E-state index in [0.717, 1.165) is 11.1 Å². The van der Waals surface area contributed by atoms with E-state index < -0.39 is 0 Å². The van der Waals surface area contributed by atoms with Gasteiger partial charge in [-0.2, -0.15) is 0 Å². The highest BCUT2D eigenvalue weighted by molar-refractivity contribution is 6.09. The fraction of sp³-hybridized carbons (Fsp3) is 0.125. The third-order valence-electron chi connectivity index (χ3n) is 3.39. The van der Waals surface area contributed by atoms with Crippen molar-refractivity contribution in [3.63, 3.8) is 0 Å². The number of hydrogen-bond acceptors (Lipinski definition) is 2. The molecule has 2 aromatic carbocycles. The van der Waals surface area contributed by atoms with E-state index in [1.54, 1.807) is 30.3 Å². The van der Waals surface area contributed by atoms with Gasteiger partial charge in [-0.1, -0.05) is 30.3 Å². The molecule has 4 heteroatoms. The van der Waals surface area contributed by atoms with Gasteiger partial charge in [-0.05, 0) is 29.3 Å². The van der Waals surface area contributed by atoms with Gasteiger partial charge in [0.25, 0.3) is 5.91 Å². The smallest absolute Gasteiger partial charge is 0.261 e. The Balaban J connectivity index is 1.89. The number of carbonyl (C=O) groups excluding carboxylic acids is 2. The predicted octanol–water partition coefficient (Wildman–Crippen LogP) is 2.55. The van der Waals surface area contributed by atoms with Gasteiger partial charge in [-0.15, -0.1) is 0 Å². The molecule has 2 amide bonds. The van der Waals surface area contributed by atoms with Crippen molar-refractivity contribution in [2.75, 3.05) is 0 Å². The average molecular weight is 269 g/mol. The molecule has 0 spiro atoms. The number of benzene rings is 2. The molecule has 0 N–H and O–H groups in total. The second-order valence-corrected chi connectivity index (χ2v) is 4.75. The first-order chi connectivity index (χ1) is 9.65. The van der Waals surface area contributed by atoms with Crippen LogP contribution in [0.3, 0.4) is 0 Å². The van der Waals surface area contributed by atoms with Gasteiger partial charge in [-0.3, -0.25) is 14.5 Å². The lowest BCUT2D eigenvalue weighted by atomic mass is 9.98. The highest BCUT2D eigenvalue weighted by Gasteiger charge is 2.30. The van der Waals surface area contributed by atoms with Crippen molar-refractivity contribution in [2.45, 2.75) is 13.0 Å². The molecule has 100 valence electrons. The molecular weight excluding hydrogens is 257 g/mol. The summed E-state index contributed by atoms with van der Waals surface area (Å²) in [6, 6.07) is 12.9. The van der Waals surface area contributed by atoms with Crippen molar-refractivity contribution >= 4 is 11.8 Å². The zero-order chi connectivity index (χ0) is 14.1. The summed E-state index contributed by atoms with van der Waals surface area (Å²) in [5.74, 6) is -0.852. The summed E-state index contributed by atoms with van der Waals surface area (Å²) in [4.78, 5) is 25.6. The molecule has 0 saturated carbocycles. The van der Waals surface area contributed by atoms with E-state index in [0.29, 0.717) is 5.56 Å². The monoisotopic (exact) mass is 269 g/mol. The molecule has 0 saturated heterocycles. The average Bonchev–Trinajstić information content (AvgIpc) is 2.45. The topological polar surface area (TPSA) is 37.4 Å². The Hall–Kier alpha value is -2.49. The molecule has 0 atom stereocenters. The second kappa shape index (κ2) is 4.89. The van der Waals surface area contributed by atoms with Crippen molar-refractivity contribution in [1.29, 1.82) is 0 Å². The molecule has 3 rings (SSSR count). The number of hydrogen-bond donors (Lipinski definition) is 0. The Morgan fingerprint density at radius 2 is 1.70 bits per heavy atom. The Kier molecular flexibility index (Phi) is 3.06. The molecule has 0 unspecified atom stereocenters. The van der Waals surface area contributed by atoms with Crippen LogP contribution in [0.5, 0.6) is 0 Å². The number of fused-ring (bicyclic) bond motifs is 1. The van der Waals surface area contributed by atoms with Crippen LogP contribution < -0.4 is 0 Å². The normalized spacial score (nSPS) is 14.3. The Morgan fingerprint density at radius 1 is 1.00 bits per heavy atom. The SMILES string of the molecule is O=C1Cc2ccccc2C(=O)N1Cc1ccc(F)cc1. The van der Waals surface area contributed by atoms with Crippen LogP contribution in [0.2, 0.25) is 0 Å². The molecule has 0 fully saturated rings. The lowest BCUT2D eigenvalue weighted by Crippen LogP contribution is -2.41. The summed E-state index contributed by atoms with van der Waals surface area (Å²) in [5, 5.41) is 0. The third kappa shape index (κ3) is 2.20. The molecule has 1 aliphatic rings. The predicted molar refractivity (Wildman–Crippen MR) is 71.4 cm³/mol. The highest BCUT2D eigenvalue weighted by Crippen LogP contribution is 2.21. The minimum atomic E-state index is -0.338. The standard InChI is InChI=1S/C16H12FNO2/c17-13-7-5-11(6-8-13)10-18-15(19)9-12-3-1-2-4-14(12)16(18)20/h1-8H,9-10H2. The van der Waals surface area contributed by atoms with Crippen molar-refractivity contribution in [2.24, 2.45) is 0 Å². The van der Waals surface area contributed by atoms with Crippen molar-refractivity contribution < 1.29 is 14.0 Å². The zero-order valence-electron chi connectivity index (χ0n) is 10.7. The minimum absolute atomic E-state index is 0.173. The first-order valence-corrected chi connectivity index (χ1v) is 6.32. The van der Waals surface area contributed by atoms with Crippen LogP contribution in [-0.2, 0) is 17.8 Å². The molecule has 2 aromatic rings. The van der Waals surface area contributed by atoms with Gasteiger partial charge >= 0.3 is 0 Å². The third-order valence-corrected chi connectivity index (χ3v) is 3.39. The number of halogens is 1. The first-order valence-electron chi connectivity index (χ1n) is 6.32. The molecule has 3 nitrogen and oxygen atoms in total. The maximum absolute atomic E-state index is 12.9. The Labute approximate surface area is 115 Å². The van der Waals surface area contributed by atoms with Gasteiger partial charge in [0, 0.05) is 5.56 Å². The molecule has 0 aromatic heterocycles. The van der Waals surface area contributed by atoms with E-state index in [4.69, 9.17) is 0 Å². The summed E-state index contributed by atoms with van der Waals surface area (Å²) < 4.78 is 12.9. The van der Waals surface area contributed by atoms with Gasteiger partial charge < -0.3 is 0 Å². The summed E-state index contributed by atoms with van der Waals surface area (Å²) in [6.07, 6.45) is 0.225. The second-order valence-electron chi connectivity index (χ2n) is 4.75. The van der Waals surface area contributed by atoms with Gasteiger partial charge in [0.2, 0.25) is 5.91 Å². The molecule has 0 radical (unpaired) electrons. The summed E-state index contributed by atoms with van der Waals surface area (Å²) >= 11 is 0. The fourth-order valence-electron chi connectivity index (χ4n) is 2.33. The van der Waals surface area contributed by atoms with Crippen molar-refractivity contribution in [3.05, 3.63) is 71.0 Å². The number of nitrogens with zero attached hydrogens (tertiary/aromatic N) is 1. The van der Waals surface area contributed by atoms with Crippen LogP contribution in [0.1, 0.15) is 21.5 Å². The van der Waals surface area contributed by atoms with Gasteiger partial charge in [0.05, 0.1) is 13.0 Å². The largest absolute Gasteiger partial charge is 0.274 e. The van der Waals surface area contributed by atoms with Gasteiger partial charge in [-0.25, -0.2) is 4.39 Å². The van der Waals surface area contributed by atoms with Crippen molar-refractivity contribution in [1.82, 2.24) is 4.90 Å². The molecule has 0 aliphatic carbocycles. The number of amides is 2.